The molecule has 0 bridgehead atoms. The van der Waals surface area contributed by atoms with Crippen LogP contribution in [-0.2, 0) is 6.42 Å². The molecule has 2 aromatic carbocycles. The fraction of sp³-hybridized carbons (Fsp3) is 0.150. The Morgan fingerprint density at radius 3 is 2.78 bits per heavy atom. The van der Waals surface area contributed by atoms with Gasteiger partial charge in [-0.1, -0.05) is 46.3 Å². The molecule has 2 heterocycles. The van der Waals surface area contributed by atoms with E-state index >= 15 is 0 Å². The van der Waals surface area contributed by atoms with E-state index in [-0.39, 0.29) is 35.1 Å². The van der Waals surface area contributed by atoms with Crippen molar-refractivity contribution in [2.45, 2.75) is 6.42 Å². The van der Waals surface area contributed by atoms with Crippen molar-refractivity contribution in [3.8, 4) is 0 Å². The zero-order valence-electron chi connectivity index (χ0n) is 14.4. The quantitative estimate of drug-likeness (QED) is 0.597. The average Bonchev–Trinajstić information content (AvgIpc) is 2.95. The molecule has 0 unspecified atom stereocenters. The van der Waals surface area contributed by atoms with Crippen LogP contribution >= 0.6 is 15.9 Å². The number of aromatic amines is 1. The number of nitrogens with one attached hydrogen (secondary N) is 2. The summed E-state index contributed by atoms with van der Waals surface area (Å²) in [6.07, 6.45) is 0.763. The summed E-state index contributed by atoms with van der Waals surface area (Å²) in [6, 6.07) is 15.2. The van der Waals surface area contributed by atoms with Crippen LogP contribution in [0.4, 0.5) is 0 Å². The van der Waals surface area contributed by atoms with E-state index in [9.17, 15) is 9.90 Å². The van der Waals surface area contributed by atoms with Crippen molar-refractivity contribution in [2.75, 3.05) is 13.1 Å². The Labute approximate surface area is 163 Å². The summed E-state index contributed by atoms with van der Waals surface area (Å²) in [5, 5.41) is 19.3. The molecule has 3 N–H and O–H groups in total. The van der Waals surface area contributed by atoms with Gasteiger partial charge in [-0.15, -0.1) is 0 Å². The minimum Gasteiger partial charge on any atom is -0.510 e. The highest BCUT2D eigenvalue weighted by Gasteiger charge is 2.29. The first-order valence-electron chi connectivity index (χ1n) is 8.53. The second-order valence-electron chi connectivity index (χ2n) is 6.40. The zero-order chi connectivity index (χ0) is 19.0. The van der Waals surface area contributed by atoms with Crippen LogP contribution in [-0.4, -0.2) is 38.9 Å². The lowest BCUT2D eigenvalue weighted by atomic mass is 10.1. The van der Waals surface area contributed by atoms with Gasteiger partial charge in [0, 0.05) is 11.0 Å². The van der Waals surface area contributed by atoms with Gasteiger partial charge in [-0.05, 0) is 30.2 Å². The van der Waals surface area contributed by atoms with Gasteiger partial charge in [0.25, 0.3) is 5.56 Å². The van der Waals surface area contributed by atoms with E-state index in [2.05, 4.69) is 25.9 Å². The van der Waals surface area contributed by atoms with Gasteiger partial charge < -0.3 is 15.0 Å². The van der Waals surface area contributed by atoms with Crippen LogP contribution in [0.2, 0.25) is 0 Å². The minimum atomic E-state index is -0.299. The molecule has 0 saturated carbocycles. The number of benzene rings is 2. The van der Waals surface area contributed by atoms with Gasteiger partial charge in [0.1, 0.15) is 17.4 Å². The van der Waals surface area contributed by atoms with Gasteiger partial charge in [0.05, 0.1) is 23.0 Å². The maximum absolute atomic E-state index is 12.4. The van der Waals surface area contributed by atoms with E-state index < -0.39 is 0 Å². The predicted octanol–water partition coefficient (Wildman–Crippen LogP) is 3.49. The van der Waals surface area contributed by atoms with E-state index in [0.717, 1.165) is 10.9 Å². The Kier molecular flexibility index (Phi) is 4.53. The second kappa shape index (κ2) is 7.00. The van der Waals surface area contributed by atoms with E-state index in [1.165, 1.54) is 5.56 Å². The van der Waals surface area contributed by atoms with E-state index in [4.69, 9.17) is 5.41 Å². The molecule has 0 fully saturated rings. The summed E-state index contributed by atoms with van der Waals surface area (Å²) >= 11 is 3.34. The highest BCUT2D eigenvalue weighted by atomic mass is 79.9. The van der Waals surface area contributed by atoms with Crippen molar-refractivity contribution in [2.24, 2.45) is 0 Å². The number of aliphatic hydroxyl groups is 1. The van der Waals surface area contributed by atoms with Crippen LogP contribution in [0.5, 0.6) is 0 Å². The molecule has 3 aromatic rings. The Bertz CT molecular complexity index is 1120. The molecular weight excluding hydrogens is 408 g/mol. The number of aromatic nitrogens is 2. The van der Waals surface area contributed by atoms with Crippen LogP contribution in [0.25, 0.3) is 16.5 Å². The first-order chi connectivity index (χ1) is 13.0. The maximum atomic E-state index is 12.4. The number of amidine groups is 1. The molecule has 6 nitrogen and oxygen atoms in total. The van der Waals surface area contributed by atoms with Crippen molar-refractivity contribution in [1.29, 1.82) is 5.41 Å². The number of hydrogen-bond acceptors (Lipinski definition) is 4. The predicted molar refractivity (Wildman–Crippen MR) is 109 cm³/mol. The molecule has 0 radical (unpaired) electrons. The monoisotopic (exact) mass is 424 g/mol. The van der Waals surface area contributed by atoms with Crippen LogP contribution in [0.1, 0.15) is 11.4 Å². The van der Waals surface area contributed by atoms with Crippen molar-refractivity contribution in [3.05, 3.63) is 80.5 Å². The summed E-state index contributed by atoms with van der Waals surface area (Å²) in [4.78, 5) is 21.3. The van der Waals surface area contributed by atoms with E-state index in [1.54, 1.807) is 23.1 Å². The van der Waals surface area contributed by atoms with Crippen LogP contribution in [0, 0.1) is 5.41 Å². The molecular formula is C20H17BrN4O2. The van der Waals surface area contributed by atoms with Crippen molar-refractivity contribution in [1.82, 2.24) is 14.9 Å². The number of rotatable bonds is 4. The number of H-pyrrole nitrogens is 1. The fourth-order valence-corrected chi connectivity index (χ4v) is 3.57. The Morgan fingerprint density at radius 1 is 1.22 bits per heavy atom. The molecule has 0 atom stereocenters. The normalized spacial score (nSPS) is 14.4. The minimum absolute atomic E-state index is 0.0488. The van der Waals surface area contributed by atoms with Gasteiger partial charge in [0.2, 0.25) is 0 Å². The molecule has 0 amide bonds. The smallest absolute Gasteiger partial charge is 0.259 e. The largest absolute Gasteiger partial charge is 0.510 e. The Hall–Kier alpha value is -2.93. The summed E-state index contributed by atoms with van der Waals surface area (Å²) in [5.41, 5.74) is 1.67. The third-order valence-corrected chi connectivity index (χ3v) is 5.09. The second-order valence-corrected chi connectivity index (χ2v) is 7.32. The van der Waals surface area contributed by atoms with Crippen molar-refractivity contribution >= 4 is 38.2 Å². The van der Waals surface area contributed by atoms with Crippen LogP contribution < -0.4 is 5.56 Å². The molecule has 1 aliphatic heterocycles. The Morgan fingerprint density at radius 2 is 2.00 bits per heavy atom. The molecule has 0 saturated heterocycles. The Balaban J connectivity index is 1.61. The SMILES string of the molecule is N=C1C(c2nc3ccc(Br)cc3c(=O)[nH]2)=C(O)CN1CCc1ccccc1. The van der Waals surface area contributed by atoms with Gasteiger partial charge in [-0.25, -0.2) is 4.98 Å². The van der Waals surface area contributed by atoms with Crippen LogP contribution in [0.3, 0.4) is 0 Å². The standard InChI is InChI=1S/C20H17BrN4O2/c21-13-6-7-15-14(10-13)20(27)24-19(23-15)17-16(26)11-25(18(17)22)9-8-12-4-2-1-3-5-12/h1-7,10,22,26H,8-9,11H2,(H,23,24,27). The summed E-state index contributed by atoms with van der Waals surface area (Å²) < 4.78 is 0.790. The molecule has 0 spiro atoms. The molecule has 27 heavy (non-hydrogen) atoms. The third-order valence-electron chi connectivity index (χ3n) is 4.60. The van der Waals surface area contributed by atoms with Crippen molar-refractivity contribution in [3.63, 3.8) is 0 Å². The average molecular weight is 425 g/mol. The lowest BCUT2D eigenvalue weighted by Gasteiger charge is -2.18. The topological polar surface area (TPSA) is 93.1 Å². The maximum Gasteiger partial charge on any atom is 0.259 e. The highest BCUT2D eigenvalue weighted by Crippen LogP contribution is 2.26. The highest BCUT2D eigenvalue weighted by molar-refractivity contribution is 9.10. The molecule has 4 rings (SSSR count). The molecule has 1 aromatic heterocycles. The molecule has 1 aliphatic rings. The van der Waals surface area contributed by atoms with E-state index in [0.29, 0.717) is 17.4 Å². The number of fused-ring (bicyclic) bond motifs is 1. The molecule has 7 heteroatoms. The first kappa shape index (κ1) is 17.5. The lowest BCUT2D eigenvalue weighted by molar-refractivity contribution is 0.351. The fourth-order valence-electron chi connectivity index (χ4n) is 3.21. The molecule has 136 valence electrons. The van der Waals surface area contributed by atoms with Gasteiger partial charge >= 0.3 is 0 Å². The zero-order valence-corrected chi connectivity index (χ0v) is 16.0. The van der Waals surface area contributed by atoms with Gasteiger partial charge in [-0.3, -0.25) is 10.2 Å². The van der Waals surface area contributed by atoms with Crippen molar-refractivity contribution < 1.29 is 5.11 Å². The number of halogens is 1. The summed E-state index contributed by atoms with van der Waals surface area (Å²) in [7, 11) is 0. The number of aliphatic hydroxyl groups excluding tert-OH is 1. The van der Waals surface area contributed by atoms with Crippen LogP contribution in [0.15, 0.2) is 63.6 Å². The number of nitrogens with zero attached hydrogens (tertiary/aromatic N) is 2. The number of hydrogen-bond donors (Lipinski definition) is 3. The van der Waals surface area contributed by atoms with Gasteiger partial charge in [0.15, 0.2) is 0 Å². The van der Waals surface area contributed by atoms with Gasteiger partial charge in [-0.2, -0.15) is 0 Å². The first-order valence-corrected chi connectivity index (χ1v) is 9.32. The lowest BCUT2D eigenvalue weighted by Crippen LogP contribution is -2.29. The molecule has 0 aliphatic carbocycles. The summed E-state index contributed by atoms with van der Waals surface area (Å²) in [6.45, 7) is 0.838. The third kappa shape index (κ3) is 3.38. The van der Waals surface area contributed by atoms with E-state index in [1.807, 2.05) is 30.3 Å². The summed E-state index contributed by atoms with van der Waals surface area (Å²) in [5.74, 6) is 0.440.